The second-order valence-corrected chi connectivity index (χ2v) is 10.4. The van der Waals surface area contributed by atoms with Crippen molar-refractivity contribution < 1.29 is 14.3 Å². The van der Waals surface area contributed by atoms with Crippen molar-refractivity contribution in [3.05, 3.63) is 17.5 Å². The predicted octanol–water partition coefficient (Wildman–Crippen LogP) is 4.16. The predicted molar refractivity (Wildman–Crippen MR) is 117 cm³/mol. The van der Waals surface area contributed by atoms with Gasteiger partial charge in [-0.05, 0) is 71.8 Å². The molecule has 0 radical (unpaired) electrons. The normalized spacial score (nSPS) is 24.9. The van der Waals surface area contributed by atoms with Gasteiger partial charge in [-0.1, -0.05) is 0 Å². The summed E-state index contributed by atoms with van der Waals surface area (Å²) in [5.74, 6) is 0.539. The standard InChI is InChI=1S/C23H40N4O3/c1-22(2,3)30-21(28)27(5)13-12-26(4)16-19-15-24-25-20(19)18-7-10-23(11-8-18)9-6-14-29-17-23/h15,18H,6-14,16-17H2,1-5H3,(H,24,25). The number of likely N-dealkylation sites (N-methyl/N-ethyl adjacent to an activating group) is 2. The van der Waals surface area contributed by atoms with Crippen LogP contribution in [0.1, 0.15) is 76.5 Å². The maximum Gasteiger partial charge on any atom is 0.410 e. The molecular weight excluding hydrogens is 380 g/mol. The van der Waals surface area contributed by atoms with Crippen molar-refractivity contribution in [2.24, 2.45) is 5.41 Å². The third-order valence-electron chi connectivity index (χ3n) is 6.55. The molecule has 1 saturated carbocycles. The highest BCUT2D eigenvalue weighted by atomic mass is 16.6. The number of ether oxygens (including phenoxy) is 2. The first-order valence-electron chi connectivity index (χ1n) is 11.4. The van der Waals surface area contributed by atoms with Crippen LogP contribution in [-0.2, 0) is 16.0 Å². The SMILES string of the molecule is CN(CCN(C)C(=O)OC(C)(C)C)Cc1c[nH]nc1C1CCC2(CCCOC2)CC1. The first kappa shape index (κ1) is 23.1. The molecule has 7 nitrogen and oxygen atoms in total. The van der Waals surface area contributed by atoms with Gasteiger partial charge in [-0.25, -0.2) is 4.79 Å². The van der Waals surface area contributed by atoms with Crippen LogP contribution in [0.3, 0.4) is 0 Å². The number of carbonyl (C=O) groups excluding carboxylic acids is 1. The van der Waals surface area contributed by atoms with E-state index in [1.165, 1.54) is 49.8 Å². The van der Waals surface area contributed by atoms with E-state index in [0.29, 0.717) is 17.9 Å². The van der Waals surface area contributed by atoms with E-state index < -0.39 is 5.60 Å². The van der Waals surface area contributed by atoms with E-state index in [9.17, 15) is 4.79 Å². The Morgan fingerprint density at radius 1 is 1.27 bits per heavy atom. The van der Waals surface area contributed by atoms with E-state index in [2.05, 4.69) is 22.1 Å². The zero-order valence-corrected chi connectivity index (χ0v) is 19.5. The zero-order valence-electron chi connectivity index (χ0n) is 19.5. The van der Waals surface area contributed by atoms with Crippen LogP contribution in [0.2, 0.25) is 0 Å². The van der Waals surface area contributed by atoms with Crippen LogP contribution in [0, 0.1) is 5.41 Å². The molecule has 1 N–H and O–H groups in total. The molecule has 0 unspecified atom stereocenters. The van der Waals surface area contributed by atoms with Gasteiger partial charge in [0, 0.05) is 51.0 Å². The first-order chi connectivity index (χ1) is 14.2. The molecule has 30 heavy (non-hydrogen) atoms. The minimum atomic E-state index is -0.467. The van der Waals surface area contributed by atoms with Gasteiger partial charge in [0.2, 0.25) is 0 Å². The monoisotopic (exact) mass is 420 g/mol. The summed E-state index contributed by atoms with van der Waals surface area (Å²) >= 11 is 0. The molecule has 1 aromatic rings. The summed E-state index contributed by atoms with van der Waals surface area (Å²) in [4.78, 5) is 16.0. The maximum absolute atomic E-state index is 12.1. The van der Waals surface area contributed by atoms with E-state index in [4.69, 9.17) is 9.47 Å². The number of hydrogen-bond donors (Lipinski definition) is 1. The molecule has 170 valence electrons. The Balaban J connectivity index is 1.48. The molecule has 0 atom stereocenters. The molecule has 2 heterocycles. The summed E-state index contributed by atoms with van der Waals surface area (Å²) in [6.45, 7) is 9.79. The number of carbonyl (C=O) groups is 1. The molecule has 1 aliphatic heterocycles. The molecule has 1 aromatic heterocycles. The summed E-state index contributed by atoms with van der Waals surface area (Å²) in [5, 5.41) is 7.72. The van der Waals surface area contributed by atoms with Crippen molar-refractivity contribution in [2.75, 3.05) is 40.4 Å². The van der Waals surface area contributed by atoms with Crippen molar-refractivity contribution in [1.82, 2.24) is 20.0 Å². The lowest BCUT2D eigenvalue weighted by atomic mass is 9.67. The van der Waals surface area contributed by atoms with E-state index in [-0.39, 0.29) is 6.09 Å². The van der Waals surface area contributed by atoms with Gasteiger partial charge in [0.15, 0.2) is 0 Å². The van der Waals surface area contributed by atoms with Gasteiger partial charge in [0.1, 0.15) is 5.60 Å². The lowest BCUT2D eigenvalue weighted by Gasteiger charge is -2.42. The molecule has 1 aliphatic carbocycles. The average molecular weight is 421 g/mol. The molecule has 1 amide bonds. The number of nitrogens with one attached hydrogen (secondary N) is 1. The summed E-state index contributed by atoms with van der Waals surface area (Å²) in [6, 6.07) is 0. The molecule has 0 aromatic carbocycles. The number of aromatic nitrogens is 2. The second-order valence-electron chi connectivity index (χ2n) is 10.4. The Labute approximate surface area is 181 Å². The van der Waals surface area contributed by atoms with Crippen LogP contribution in [0.15, 0.2) is 6.20 Å². The van der Waals surface area contributed by atoms with Crippen molar-refractivity contribution in [2.45, 2.75) is 77.4 Å². The number of rotatable bonds is 6. The smallest absolute Gasteiger partial charge is 0.410 e. The highest BCUT2D eigenvalue weighted by Gasteiger charge is 2.38. The van der Waals surface area contributed by atoms with Crippen LogP contribution in [-0.4, -0.2) is 72.1 Å². The van der Waals surface area contributed by atoms with Gasteiger partial charge in [-0.15, -0.1) is 0 Å². The van der Waals surface area contributed by atoms with Gasteiger partial charge in [-0.3, -0.25) is 5.10 Å². The zero-order chi connectivity index (χ0) is 21.8. The summed E-state index contributed by atoms with van der Waals surface area (Å²) in [7, 11) is 3.88. The van der Waals surface area contributed by atoms with Gasteiger partial charge in [0.05, 0.1) is 12.3 Å². The highest BCUT2D eigenvalue weighted by Crippen LogP contribution is 2.47. The summed E-state index contributed by atoms with van der Waals surface area (Å²) in [6.07, 6.45) is 9.20. The largest absolute Gasteiger partial charge is 0.444 e. The van der Waals surface area contributed by atoms with Gasteiger partial charge in [-0.2, -0.15) is 5.10 Å². The van der Waals surface area contributed by atoms with Gasteiger partial charge >= 0.3 is 6.09 Å². The van der Waals surface area contributed by atoms with Crippen LogP contribution in [0.25, 0.3) is 0 Å². The highest BCUT2D eigenvalue weighted by molar-refractivity contribution is 5.67. The fourth-order valence-corrected chi connectivity index (χ4v) is 4.74. The average Bonchev–Trinajstić information content (AvgIpc) is 3.14. The van der Waals surface area contributed by atoms with Crippen molar-refractivity contribution >= 4 is 6.09 Å². The third kappa shape index (κ3) is 6.20. The Morgan fingerprint density at radius 3 is 2.63 bits per heavy atom. The number of aromatic amines is 1. The van der Waals surface area contributed by atoms with Crippen LogP contribution >= 0.6 is 0 Å². The van der Waals surface area contributed by atoms with Gasteiger partial charge in [0.25, 0.3) is 0 Å². The summed E-state index contributed by atoms with van der Waals surface area (Å²) < 4.78 is 11.2. The Kier molecular flexibility index (Phi) is 7.45. The quantitative estimate of drug-likeness (QED) is 0.748. The minimum Gasteiger partial charge on any atom is -0.444 e. The third-order valence-corrected chi connectivity index (χ3v) is 6.55. The van der Waals surface area contributed by atoms with Gasteiger partial charge < -0.3 is 19.3 Å². The second kappa shape index (κ2) is 9.69. The van der Waals surface area contributed by atoms with Crippen LogP contribution in [0.4, 0.5) is 4.79 Å². The topological polar surface area (TPSA) is 70.7 Å². The molecule has 0 bridgehead atoms. The lowest BCUT2D eigenvalue weighted by molar-refractivity contribution is -0.0310. The minimum absolute atomic E-state index is 0.275. The first-order valence-corrected chi connectivity index (χ1v) is 11.4. The number of nitrogens with zero attached hydrogens (tertiary/aromatic N) is 3. The van der Waals surface area contributed by atoms with Crippen LogP contribution in [0.5, 0.6) is 0 Å². The Hall–Kier alpha value is -1.60. The molecule has 3 rings (SSSR count). The molecule has 1 spiro atoms. The number of amides is 1. The van der Waals surface area contributed by atoms with Crippen molar-refractivity contribution in [3.63, 3.8) is 0 Å². The van der Waals surface area contributed by atoms with E-state index in [1.54, 1.807) is 11.9 Å². The maximum atomic E-state index is 12.1. The van der Waals surface area contributed by atoms with E-state index >= 15 is 0 Å². The summed E-state index contributed by atoms with van der Waals surface area (Å²) in [5.41, 5.74) is 2.46. The molecule has 2 aliphatic rings. The lowest BCUT2D eigenvalue weighted by Crippen LogP contribution is -2.38. The molecule has 2 fully saturated rings. The Morgan fingerprint density at radius 2 is 2.00 bits per heavy atom. The van der Waals surface area contributed by atoms with E-state index in [1.807, 2.05) is 27.0 Å². The number of hydrogen-bond acceptors (Lipinski definition) is 5. The fourth-order valence-electron chi connectivity index (χ4n) is 4.74. The van der Waals surface area contributed by atoms with E-state index in [0.717, 1.165) is 26.3 Å². The molecule has 1 saturated heterocycles. The Bertz CT molecular complexity index is 681. The fraction of sp³-hybridized carbons (Fsp3) is 0.826. The molecule has 7 heteroatoms. The van der Waals surface area contributed by atoms with Crippen molar-refractivity contribution in [1.29, 1.82) is 0 Å². The van der Waals surface area contributed by atoms with Crippen LogP contribution < -0.4 is 0 Å². The van der Waals surface area contributed by atoms with Crippen molar-refractivity contribution in [3.8, 4) is 0 Å². The molecular formula is C23H40N4O3. The number of H-pyrrole nitrogens is 1.